The number of carbonyl (C=O) groups is 2. The molecule has 2 aromatic rings. The van der Waals surface area contributed by atoms with Gasteiger partial charge in [-0.3, -0.25) is 15.2 Å². The zero-order chi connectivity index (χ0) is 24.1. The maximum Gasteiger partial charge on any atom is 0.397 e. The van der Waals surface area contributed by atoms with Gasteiger partial charge in [0.05, 0.1) is 29.7 Å². The summed E-state index contributed by atoms with van der Waals surface area (Å²) in [6.45, 7) is 0.772. The van der Waals surface area contributed by atoms with Crippen molar-refractivity contribution in [3.63, 3.8) is 0 Å². The van der Waals surface area contributed by atoms with Crippen molar-refractivity contribution in [3.05, 3.63) is 36.0 Å². The molecule has 9 nitrogen and oxygen atoms in total. The van der Waals surface area contributed by atoms with Crippen LogP contribution < -0.4 is 15.8 Å². The van der Waals surface area contributed by atoms with Crippen molar-refractivity contribution in [3.8, 4) is 6.07 Å². The molecule has 2 atom stereocenters. The molecule has 1 aromatic heterocycles. The van der Waals surface area contributed by atoms with Crippen molar-refractivity contribution in [2.75, 3.05) is 44.3 Å². The Kier molecular flexibility index (Phi) is 5.05. The molecule has 2 saturated heterocycles. The number of aromatic nitrogens is 1. The number of urea groups is 1. The maximum atomic E-state index is 14.2. The lowest BCUT2D eigenvalue weighted by molar-refractivity contribution is -0.191. The summed E-state index contributed by atoms with van der Waals surface area (Å²) >= 11 is 0. The molecule has 178 valence electrons. The molecule has 0 spiro atoms. The first-order valence-electron chi connectivity index (χ1n) is 10.8. The number of pyridine rings is 1. The van der Waals surface area contributed by atoms with Crippen molar-refractivity contribution in [1.29, 1.82) is 5.26 Å². The Morgan fingerprint density at radius 2 is 1.91 bits per heavy atom. The highest BCUT2D eigenvalue weighted by molar-refractivity contribution is 5.97. The number of hydrazine groups is 1. The Bertz CT molecular complexity index is 1210. The van der Waals surface area contributed by atoms with Crippen LogP contribution in [0.25, 0.3) is 10.9 Å². The van der Waals surface area contributed by atoms with Crippen LogP contribution in [0.5, 0.6) is 0 Å². The third-order valence-electron chi connectivity index (χ3n) is 7.08. The van der Waals surface area contributed by atoms with Gasteiger partial charge < -0.3 is 14.5 Å². The van der Waals surface area contributed by atoms with Gasteiger partial charge in [-0.05, 0) is 30.7 Å². The molecule has 1 aromatic carbocycles. The van der Waals surface area contributed by atoms with Crippen molar-refractivity contribution in [2.45, 2.75) is 12.6 Å². The fraction of sp³-hybridized carbons (Fsp3) is 0.455. The van der Waals surface area contributed by atoms with Gasteiger partial charge in [0.25, 0.3) is 0 Å². The molecule has 2 aliphatic heterocycles. The number of hydrogen-bond acceptors (Lipinski definition) is 6. The highest BCUT2D eigenvalue weighted by Gasteiger charge is 2.86. The van der Waals surface area contributed by atoms with E-state index < -0.39 is 35.5 Å². The van der Waals surface area contributed by atoms with E-state index in [9.17, 15) is 28.0 Å². The average molecular weight is 474 g/mol. The molecule has 0 bridgehead atoms. The number of halogens is 3. The Balaban J connectivity index is 1.40. The highest BCUT2D eigenvalue weighted by Crippen LogP contribution is 2.75. The number of nitrogens with one attached hydrogen (secondary N) is 2. The second-order valence-corrected chi connectivity index (χ2v) is 8.82. The molecule has 12 heteroatoms. The minimum atomic E-state index is -4.62. The molecule has 2 N–H and O–H groups in total. The fourth-order valence-electron chi connectivity index (χ4n) is 5.19. The number of piperidine rings is 1. The standard InChI is InChI=1S/C22H21F3N6O3/c23-22(24,25)21-11-20(21,18(32)28-29-19(33)30-6-8-34-9-7-30)12-31(13-21)16-4-3-14(10-26)17-15(16)2-1-5-27-17/h1-5H,6-9,11-13H2,(H,28,32)(H,29,33)/t20-,21-/m0/s1. The Labute approximate surface area is 192 Å². The number of anilines is 1. The first-order valence-corrected chi connectivity index (χ1v) is 10.8. The van der Waals surface area contributed by atoms with Crippen LogP contribution in [0, 0.1) is 22.2 Å². The number of ether oxygens (including phenoxy) is 1. The topological polar surface area (TPSA) is 111 Å². The maximum absolute atomic E-state index is 14.2. The van der Waals surface area contributed by atoms with Crippen molar-refractivity contribution >= 4 is 28.5 Å². The summed E-state index contributed by atoms with van der Waals surface area (Å²) in [5.41, 5.74) is 1.69. The third kappa shape index (κ3) is 3.22. The first kappa shape index (κ1) is 22.2. The molecule has 3 fully saturated rings. The summed E-state index contributed by atoms with van der Waals surface area (Å²) < 4.78 is 47.9. The summed E-state index contributed by atoms with van der Waals surface area (Å²) in [4.78, 5) is 32.5. The first-order chi connectivity index (χ1) is 16.2. The predicted octanol–water partition coefficient (Wildman–Crippen LogP) is 1.94. The van der Waals surface area contributed by atoms with Crippen molar-refractivity contribution in [2.24, 2.45) is 10.8 Å². The lowest BCUT2D eigenvalue weighted by Gasteiger charge is -2.27. The zero-order valence-corrected chi connectivity index (χ0v) is 18.0. The lowest BCUT2D eigenvalue weighted by atomic mass is 9.95. The molecule has 34 heavy (non-hydrogen) atoms. The molecule has 1 aliphatic carbocycles. The number of alkyl halides is 3. The number of benzene rings is 1. The normalized spacial score (nSPS) is 26.1. The van der Waals surface area contributed by atoms with E-state index >= 15 is 0 Å². The number of morpholine rings is 1. The van der Waals surface area contributed by atoms with Gasteiger partial charge in [-0.15, -0.1) is 0 Å². The quantitative estimate of drug-likeness (QED) is 0.644. The number of amides is 3. The summed E-state index contributed by atoms with van der Waals surface area (Å²) in [7, 11) is 0. The number of rotatable bonds is 2. The van der Waals surface area contributed by atoms with Crippen LogP contribution in [0.15, 0.2) is 30.5 Å². The molecule has 1 saturated carbocycles. The van der Waals surface area contributed by atoms with Gasteiger partial charge in [-0.25, -0.2) is 10.2 Å². The summed E-state index contributed by atoms with van der Waals surface area (Å²) in [6, 6.07) is 7.89. The van der Waals surface area contributed by atoms with Crippen molar-refractivity contribution in [1.82, 2.24) is 20.7 Å². The van der Waals surface area contributed by atoms with E-state index in [-0.39, 0.29) is 13.0 Å². The van der Waals surface area contributed by atoms with Gasteiger partial charge in [0, 0.05) is 43.4 Å². The van der Waals surface area contributed by atoms with Crippen LogP contribution in [0.4, 0.5) is 23.7 Å². The van der Waals surface area contributed by atoms with E-state index in [0.29, 0.717) is 48.5 Å². The number of hydrogen-bond donors (Lipinski definition) is 2. The van der Waals surface area contributed by atoms with Gasteiger partial charge >= 0.3 is 12.2 Å². The van der Waals surface area contributed by atoms with Gasteiger partial charge in [0.15, 0.2) is 0 Å². The average Bonchev–Trinajstić information content (AvgIpc) is 3.39. The van der Waals surface area contributed by atoms with E-state index in [1.807, 2.05) is 6.07 Å². The molecular weight excluding hydrogens is 453 g/mol. The zero-order valence-electron chi connectivity index (χ0n) is 18.0. The molecule has 3 aliphatic rings. The monoisotopic (exact) mass is 474 g/mol. The van der Waals surface area contributed by atoms with Crippen LogP contribution in [0.1, 0.15) is 12.0 Å². The molecule has 3 heterocycles. The Morgan fingerprint density at radius 1 is 1.15 bits per heavy atom. The van der Waals surface area contributed by atoms with Gasteiger partial charge in [0.1, 0.15) is 11.5 Å². The van der Waals surface area contributed by atoms with E-state index in [1.165, 1.54) is 22.1 Å². The highest BCUT2D eigenvalue weighted by atomic mass is 19.4. The molecule has 3 amide bonds. The molecular formula is C22H21F3N6O3. The second kappa shape index (κ2) is 7.73. The van der Waals surface area contributed by atoms with Crippen LogP contribution >= 0.6 is 0 Å². The summed E-state index contributed by atoms with van der Waals surface area (Å²) in [5, 5.41) is 9.89. The fourth-order valence-corrected chi connectivity index (χ4v) is 5.19. The van der Waals surface area contributed by atoms with Gasteiger partial charge in [-0.1, -0.05) is 0 Å². The SMILES string of the molecule is N#Cc1ccc(N2C[C@]3(C(=O)NNC(=O)N4CCOCC4)C[C@]3(C(F)(F)F)C2)c2cccnc12. The number of fused-ring (bicyclic) bond motifs is 2. The third-order valence-corrected chi connectivity index (χ3v) is 7.08. The van der Waals surface area contributed by atoms with E-state index in [1.54, 1.807) is 18.2 Å². The predicted molar refractivity (Wildman–Crippen MR) is 113 cm³/mol. The van der Waals surface area contributed by atoms with Crippen LogP contribution in [-0.4, -0.2) is 67.4 Å². The summed E-state index contributed by atoms with van der Waals surface area (Å²) in [5.74, 6) is -0.870. The van der Waals surface area contributed by atoms with Crippen LogP contribution in [0.3, 0.4) is 0 Å². The van der Waals surface area contributed by atoms with E-state index in [4.69, 9.17) is 4.74 Å². The van der Waals surface area contributed by atoms with Gasteiger partial charge in [0.2, 0.25) is 5.91 Å². The Morgan fingerprint density at radius 3 is 2.62 bits per heavy atom. The minimum Gasteiger partial charge on any atom is -0.378 e. The van der Waals surface area contributed by atoms with Crippen LogP contribution in [-0.2, 0) is 9.53 Å². The van der Waals surface area contributed by atoms with Crippen LogP contribution in [0.2, 0.25) is 0 Å². The Hall–Kier alpha value is -3.59. The number of carbonyl (C=O) groups excluding carboxylic acids is 2. The summed E-state index contributed by atoms with van der Waals surface area (Å²) in [6.07, 6.45) is -3.46. The van der Waals surface area contributed by atoms with Crippen molar-refractivity contribution < 1.29 is 27.5 Å². The number of nitriles is 1. The second-order valence-electron chi connectivity index (χ2n) is 8.82. The smallest absolute Gasteiger partial charge is 0.378 e. The molecule has 0 unspecified atom stereocenters. The van der Waals surface area contributed by atoms with Gasteiger partial charge in [-0.2, -0.15) is 18.4 Å². The number of nitrogens with zero attached hydrogens (tertiary/aromatic N) is 4. The van der Waals surface area contributed by atoms with E-state index in [0.717, 1.165) is 0 Å². The largest absolute Gasteiger partial charge is 0.397 e. The van der Waals surface area contributed by atoms with E-state index in [2.05, 4.69) is 15.8 Å². The molecule has 0 radical (unpaired) electrons. The molecule has 5 rings (SSSR count). The lowest BCUT2D eigenvalue weighted by Crippen LogP contribution is -2.54. The minimum absolute atomic E-state index is 0.179.